The van der Waals surface area contributed by atoms with Gasteiger partial charge in [0.2, 0.25) is 0 Å². The Hall–Kier alpha value is -2.01. The van der Waals surface area contributed by atoms with E-state index in [2.05, 4.69) is 28.2 Å². The molecular formula is C17H18BrNO3. The smallest absolute Gasteiger partial charge is 0.255 e. The van der Waals surface area contributed by atoms with Gasteiger partial charge in [-0.15, -0.1) is 0 Å². The third kappa shape index (κ3) is 3.80. The maximum atomic E-state index is 12.4. The number of carbonyl (C=O) groups excluding carboxylic acids is 1. The Morgan fingerprint density at radius 3 is 2.23 bits per heavy atom. The van der Waals surface area contributed by atoms with E-state index in [0.29, 0.717) is 17.1 Å². The maximum Gasteiger partial charge on any atom is 0.255 e. The van der Waals surface area contributed by atoms with E-state index in [1.54, 1.807) is 32.4 Å². The van der Waals surface area contributed by atoms with Crippen LogP contribution >= 0.6 is 15.9 Å². The molecule has 2 aromatic carbocycles. The zero-order valence-corrected chi connectivity index (χ0v) is 14.4. The predicted octanol–water partition coefficient (Wildman–Crippen LogP) is 4.28. The van der Waals surface area contributed by atoms with E-state index in [1.807, 2.05) is 18.2 Å². The fraction of sp³-hybridized carbons (Fsp3) is 0.235. The monoisotopic (exact) mass is 363 g/mol. The first kappa shape index (κ1) is 16.4. The highest BCUT2D eigenvalue weighted by molar-refractivity contribution is 9.10. The second-order valence-electron chi connectivity index (χ2n) is 4.72. The molecule has 0 radical (unpaired) electrons. The van der Waals surface area contributed by atoms with Crippen LogP contribution in [0.25, 0.3) is 0 Å². The van der Waals surface area contributed by atoms with Crippen molar-refractivity contribution in [3.63, 3.8) is 0 Å². The van der Waals surface area contributed by atoms with Gasteiger partial charge in [-0.2, -0.15) is 0 Å². The topological polar surface area (TPSA) is 47.6 Å². The molecule has 1 N–H and O–H groups in total. The predicted molar refractivity (Wildman–Crippen MR) is 91.0 cm³/mol. The summed E-state index contributed by atoms with van der Waals surface area (Å²) in [5.74, 6) is 0.937. The summed E-state index contributed by atoms with van der Waals surface area (Å²) in [7, 11) is 3.11. The number of halogens is 1. The number of hydrogen-bond acceptors (Lipinski definition) is 3. The number of rotatable bonds is 5. The highest BCUT2D eigenvalue weighted by atomic mass is 79.9. The van der Waals surface area contributed by atoms with Gasteiger partial charge >= 0.3 is 0 Å². The molecule has 0 unspecified atom stereocenters. The summed E-state index contributed by atoms with van der Waals surface area (Å²) in [5.41, 5.74) is 2.41. The van der Waals surface area contributed by atoms with Crippen LogP contribution in [0.5, 0.6) is 11.5 Å². The fourth-order valence-electron chi connectivity index (χ4n) is 2.05. The number of ether oxygens (including phenoxy) is 2. The summed E-state index contributed by atoms with van der Waals surface area (Å²) in [4.78, 5) is 12.4. The molecule has 5 heteroatoms. The fourth-order valence-corrected chi connectivity index (χ4v) is 2.71. The molecule has 0 aliphatic heterocycles. The lowest BCUT2D eigenvalue weighted by atomic mass is 10.1. The molecule has 0 bridgehead atoms. The second-order valence-corrected chi connectivity index (χ2v) is 5.57. The van der Waals surface area contributed by atoms with Gasteiger partial charge in [0.15, 0.2) is 0 Å². The number of anilines is 1. The van der Waals surface area contributed by atoms with Gasteiger partial charge < -0.3 is 14.8 Å². The molecule has 4 nitrogen and oxygen atoms in total. The number of carbonyl (C=O) groups is 1. The summed E-state index contributed by atoms with van der Waals surface area (Å²) < 4.78 is 11.3. The molecular weight excluding hydrogens is 346 g/mol. The second kappa shape index (κ2) is 7.31. The Labute approximate surface area is 138 Å². The summed E-state index contributed by atoms with van der Waals surface area (Å²) in [6.07, 6.45) is 0.932. The van der Waals surface area contributed by atoms with Gasteiger partial charge in [0.25, 0.3) is 5.91 Å². The van der Waals surface area contributed by atoms with Gasteiger partial charge in [0, 0.05) is 21.8 Å². The lowest BCUT2D eigenvalue weighted by Gasteiger charge is -2.10. The molecule has 0 saturated carbocycles. The van der Waals surface area contributed by atoms with Crippen LogP contribution in [0.15, 0.2) is 40.9 Å². The molecule has 1 amide bonds. The lowest BCUT2D eigenvalue weighted by Crippen LogP contribution is -2.12. The Morgan fingerprint density at radius 1 is 1.09 bits per heavy atom. The molecule has 0 atom stereocenters. The van der Waals surface area contributed by atoms with Crippen molar-refractivity contribution in [2.45, 2.75) is 13.3 Å². The SMILES string of the molecule is CCc1ccc(NC(=O)c2cc(OC)cc(OC)c2)cc1Br. The molecule has 0 spiro atoms. The Kier molecular flexibility index (Phi) is 5.44. The Balaban J connectivity index is 2.23. The quantitative estimate of drug-likeness (QED) is 0.862. The molecule has 0 saturated heterocycles. The van der Waals surface area contributed by atoms with Gasteiger partial charge in [-0.1, -0.05) is 28.9 Å². The summed E-state index contributed by atoms with van der Waals surface area (Å²) in [5, 5.41) is 2.87. The number of benzene rings is 2. The van der Waals surface area contributed by atoms with Gasteiger partial charge in [-0.05, 0) is 36.2 Å². The van der Waals surface area contributed by atoms with E-state index in [1.165, 1.54) is 5.56 Å². The molecule has 0 aromatic heterocycles. The molecule has 0 heterocycles. The van der Waals surface area contributed by atoms with Crippen LogP contribution in [0.4, 0.5) is 5.69 Å². The third-order valence-electron chi connectivity index (χ3n) is 3.31. The normalized spacial score (nSPS) is 10.2. The van der Waals surface area contributed by atoms with E-state index in [4.69, 9.17) is 9.47 Å². The van der Waals surface area contributed by atoms with Crippen LogP contribution < -0.4 is 14.8 Å². The highest BCUT2D eigenvalue weighted by Gasteiger charge is 2.11. The van der Waals surface area contributed by atoms with Gasteiger partial charge in [0.05, 0.1) is 14.2 Å². The van der Waals surface area contributed by atoms with Crippen molar-refractivity contribution in [3.8, 4) is 11.5 Å². The van der Waals surface area contributed by atoms with Crippen LogP contribution in [0.1, 0.15) is 22.8 Å². The number of methoxy groups -OCH3 is 2. The van der Waals surface area contributed by atoms with E-state index < -0.39 is 0 Å². The van der Waals surface area contributed by atoms with Crippen molar-refractivity contribution >= 4 is 27.5 Å². The maximum absolute atomic E-state index is 12.4. The molecule has 116 valence electrons. The van der Waals surface area contributed by atoms with E-state index >= 15 is 0 Å². The molecule has 22 heavy (non-hydrogen) atoms. The minimum absolute atomic E-state index is 0.214. The summed E-state index contributed by atoms with van der Waals surface area (Å²) >= 11 is 3.51. The number of nitrogens with one attached hydrogen (secondary N) is 1. The van der Waals surface area contributed by atoms with Crippen LogP contribution in [0, 0.1) is 0 Å². The first-order valence-electron chi connectivity index (χ1n) is 6.90. The molecule has 2 aromatic rings. The van der Waals surface area contributed by atoms with Crippen molar-refractivity contribution < 1.29 is 14.3 Å². The van der Waals surface area contributed by atoms with E-state index in [9.17, 15) is 4.79 Å². The molecule has 2 rings (SSSR count). The van der Waals surface area contributed by atoms with Crippen LogP contribution in [0.2, 0.25) is 0 Å². The zero-order valence-electron chi connectivity index (χ0n) is 12.8. The van der Waals surface area contributed by atoms with Crippen molar-refractivity contribution in [1.29, 1.82) is 0 Å². The number of amides is 1. The summed E-state index contributed by atoms with van der Waals surface area (Å²) in [6, 6.07) is 10.9. The van der Waals surface area contributed by atoms with E-state index in [0.717, 1.165) is 16.6 Å². The lowest BCUT2D eigenvalue weighted by molar-refractivity contribution is 0.102. The average Bonchev–Trinajstić information content (AvgIpc) is 2.54. The summed E-state index contributed by atoms with van der Waals surface area (Å²) in [6.45, 7) is 2.08. The minimum Gasteiger partial charge on any atom is -0.497 e. The van der Waals surface area contributed by atoms with Crippen molar-refractivity contribution in [3.05, 3.63) is 52.0 Å². The van der Waals surface area contributed by atoms with Gasteiger partial charge in [-0.25, -0.2) is 0 Å². The first-order valence-corrected chi connectivity index (χ1v) is 7.69. The van der Waals surface area contributed by atoms with Crippen molar-refractivity contribution in [2.24, 2.45) is 0 Å². The molecule has 0 aliphatic carbocycles. The number of hydrogen-bond donors (Lipinski definition) is 1. The number of aryl methyl sites for hydroxylation is 1. The van der Waals surface area contributed by atoms with Crippen LogP contribution in [-0.2, 0) is 6.42 Å². The van der Waals surface area contributed by atoms with Crippen LogP contribution in [0.3, 0.4) is 0 Å². The standard InChI is InChI=1S/C17H18BrNO3/c1-4-11-5-6-13(9-16(11)18)19-17(20)12-7-14(21-2)10-15(8-12)22-3/h5-10H,4H2,1-3H3,(H,19,20). The molecule has 0 aliphatic rings. The first-order chi connectivity index (χ1) is 10.6. The molecule has 0 fully saturated rings. The van der Waals surface area contributed by atoms with Gasteiger partial charge in [0.1, 0.15) is 11.5 Å². The van der Waals surface area contributed by atoms with E-state index in [-0.39, 0.29) is 5.91 Å². The minimum atomic E-state index is -0.214. The Bertz CT molecular complexity index is 663. The third-order valence-corrected chi connectivity index (χ3v) is 4.04. The van der Waals surface area contributed by atoms with Crippen molar-refractivity contribution in [2.75, 3.05) is 19.5 Å². The largest absolute Gasteiger partial charge is 0.497 e. The van der Waals surface area contributed by atoms with Crippen LogP contribution in [-0.4, -0.2) is 20.1 Å². The van der Waals surface area contributed by atoms with Gasteiger partial charge in [-0.3, -0.25) is 4.79 Å². The van der Waals surface area contributed by atoms with Crippen molar-refractivity contribution in [1.82, 2.24) is 0 Å². The highest BCUT2D eigenvalue weighted by Crippen LogP contribution is 2.25. The average molecular weight is 364 g/mol. The Morgan fingerprint density at radius 2 is 1.73 bits per heavy atom. The zero-order chi connectivity index (χ0) is 16.1.